The molecule has 1 N–H and O–H groups in total. The maximum Gasteiger partial charge on any atom is 0.304 e. The van der Waals surface area contributed by atoms with Gasteiger partial charge in [-0.1, -0.05) is 6.07 Å². The smallest absolute Gasteiger partial charge is 0.304 e. The fraction of sp³-hybridized carbons (Fsp3) is 0.467. The Labute approximate surface area is 132 Å². The second kappa shape index (κ2) is 7.04. The van der Waals surface area contributed by atoms with Crippen molar-refractivity contribution in [2.75, 3.05) is 32.7 Å². The topological polar surface area (TPSA) is 60.9 Å². The molecule has 0 aromatic heterocycles. The third-order valence-corrected chi connectivity index (χ3v) is 4.31. The molecule has 0 atom stereocenters. The fourth-order valence-corrected chi connectivity index (χ4v) is 3.06. The van der Waals surface area contributed by atoms with Gasteiger partial charge in [-0.15, -0.1) is 0 Å². The first kappa shape index (κ1) is 16.0. The number of amides is 1. The minimum absolute atomic E-state index is 0.0276. The number of hydrogen-bond donors (Lipinski definition) is 1. The molecule has 1 fully saturated rings. The van der Waals surface area contributed by atoms with Crippen LogP contribution in [0.4, 0.5) is 0 Å². The van der Waals surface area contributed by atoms with E-state index in [0.717, 1.165) is 23.1 Å². The predicted octanol–water partition coefficient (Wildman–Crippen LogP) is 1.99. The molecule has 0 spiro atoms. The molecule has 1 aliphatic rings. The number of rotatable bonds is 4. The van der Waals surface area contributed by atoms with Crippen LogP contribution in [0.15, 0.2) is 22.7 Å². The molecule has 6 heteroatoms. The molecule has 0 bridgehead atoms. The van der Waals surface area contributed by atoms with Crippen molar-refractivity contribution < 1.29 is 14.7 Å². The predicted molar refractivity (Wildman–Crippen MR) is 83.5 cm³/mol. The van der Waals surface area contributed by atoms with Crippen LogP contribution in [0.3, 0.4) is 0 Å². The molecule has 1 amide bonds. The van der Waals surface area contributed by atoms with E-state index < -0.39 is 5.97 Å². The Morgan fingerprint density at radius 1 is 1.24 bits per heavy atom. The number of carboxylic acid groups (broad SMARTS) is 1. The Bertz CT molecular complexity index is 540. The Balaban J connectivity index is 1.92. The first-order valence-corrected chi connectivity index (χ1v) is 7.76. The molecular weight excluding hydrogens is 336 g/mol. The highest BCUT2D eigenvalue weighted by atomic mass is 79.9. The van der Waals surface area contributed by atoms with Crippen LogP contribution in [0.2, 0.25) is 0 Å². The number of nitrogens with zero attached hydrogens (tertiary/aromatic N) is 2. The lowest BCUT2D eigenvalue weighted by atomic mass is 10.1. The number of aliphatic carboxylic acids is 1. The molecule has 1 aliphatic heterocycles. The summed E-state index contributed by atoms with van der Waals surface area (Å²) in [4.78, 5) is 27.0. The van der Waals surface area contributed by atoms with Crippen LogP contribution in [0.5, 0.6) is 0 Å². The van der Waals surface area contributed by atoms with E-state index in [0.29, 0.717) is 25.2 Å². The molecule has 5 nitrogen and oxygen atoms in total. The standard InChI is InChI=1S/C15H19BrN2O3/c1-11-2-3-12(13(16)10-11)15(21)18-8-6-17(7-9-18)5-4-14(19)20/h2-3,10H,4-9H2,1H3,(H,19,20). The van der Waals surface area contributed by atoms with Crippen molar-refractivity contribution in [3.05, 3.63) is 33.8 Å². The largest absolute Gasteiger partial charge is 0.481 e. The summed E-state index contributed by atoms with van der Waals surface area (Å²) >= 11 is 3.44. The van der Waals surface area contributed by atoms with E-state index in [1.54, 1.807) is 0 Å². The van der Waals surface area contributed by atoms with E-state index >= 15 is 0 Å². The normalized spacial score (nSPS) is 16.0. The molecule has 0 saturated carbocycles. The van der Waals surface area contributed by atoms with Crippen molar-refractivity contribution in [2.45, 2.75) is 13.3 Å². The number of carbonyl (C=O) groups excluding carboxylic acids is 1. The van der Waals surface area contributed by atoms with Crippen molar-refractivity contribution in [2.24, 2.45) is 0 Å². The van der Waals surface area contributed by atoms with Crippen LogP contribution in [0.25, 0.3) is 0 Å². The van der Waals surface area contributed by atoms with Gasteiger partial charge in [0.2, 0.25) is 0 Å². The van der Waals surface area contributed by atoms with Gasteiger partial charge in [-0.3, -0.25) is 14.5 Å². The number of carboxylic acids is 1. The monoisotopic (exact) mass is 354 g/mol. The number of carbonyl (C=O) groups is 2. The summed E-state index contributed by atoms with van der Waals surface area (Å²) in [5.74, 6) is -0.753. The maximum atomic E-state index is 12.5. The number of hydrogen-bond acceptors (Lipinski definition) is 3. The Kier molecular flexibility index (Phi) is 5.36. The molecule has 21 heavy (non-hydrogen) atoms. The van der Waals surface area contributed by atoms with Crippen LogP contribution < -0.4 is 0 Å². The van der Waals surface area contributed by atoms with E-state index in [1.165, 1.54) is 0 Å². The summed E-state index contributed by atoms with van der Waals surface area (Å²) in [6, 6.07) is 5.72. The fourth-order valence-electron chi connectivity index (χ4n) is 2.39. The van der Waals surface area contributed by atoms with E-state index in [-0.39, 0.29) is 12.3 Å². The molecule has 2 rings (SSSR count). The van der Waals surface area contributed by atoms with Crippen LogP contribution in [0.1, 0.15) is 22.3 Å². The second-order valence-corrected chi connectivity index (χ2v) is 6.12. The van der Waals surface area contributed by atoms with Gasteiger partial charge in [-0.2, -0.15) is 0 Å². The molecule has 0 unspecified atom stereocenters. The molecular formula is C15H19BrN2O3. The van der Waals surface area contributed by atoms with Crippen LogP contribution >= 0.6 is 15.9 Å². The maximum absolute atomic E-state index is 12.5. The van der Waals surface area contributed by atoms with Crippen molar-refractivity contribution in [3.63, 3.8) is 0 Å². The van der Waals surface area contributed by atoms with Crippen molar-refractivity contribution in [1.82, 2.24) is 9.80 Å². The van der Waals surface area contributed by atoms with E-state index in [1.807, 2.05) is 30.0 Å². The van der Waals surface area contributed by atoms with Crippen LogP contribution in [0, 0.1) is 6.92 Å². The summed E-state index contributed by atoms with van der Waals surface area (Å²) in [5.41, 5.74) is 1.79. The first-order chi connectivity index (χ1) is 9.97. The molecule has 0 radical (unpaired) electrons. The minimum atomic E-state index is -0.780. The number of halogens is 1. The average molecular weight is 355 g/mol. The summed E-state index contributed by atoms with van der Waals surface area (Å²) in [6.07, 6.45) is 0.150. The van der Waals surface area contributed by atoms with Crippen molar-refractivity contribution >= 4 is 27.8 Å². The zero-order valence-electron chi connectivity index (χ0n) is 12.0. The zero-order valence-corrected chi connectivity index (χ0v) is 13.6. The Morgan fingerprint density at radius 3 is 2.48 bits per heavy atom. The molecule has 114 valence electrons. The molecule has 1 saturated heterocycles. The van der Waals surface area contributed by atoms with E-state index in [9.17, 15) is 9.59 Å². The molecule has 0 aliphatic carbocycles. The molecule has 1 aromatic carbocycles. The lowest BCUT2D eigenvalue weighted by Gasteiger charge is -2.34. The average Bonchev–Trinajstić information content (AvgIpc) is 2.45. The van der Waals surface area contributed by atoms with Gasteiger partial charge in [0.15, 0.2) is 0 Å². The summed E-state index contributed by atoms with van der Waals surface area (Å²) in [7, 11) is 0. The van der Waals surface area contributed by atoms with Gasteiger partial charge in [-0.25, -0.2) is 0 Å². The number of aryl methyl sites for hydroxylation is 1. The van der Waals surface area contributed by atoms with E-state index in [4.69, 9.17) is 5.11 Å². The van der Waals surface area contributed by atoms with Gasteiger partial charge in [0.05, 0.1) is 12.0 Å². The summed E-state index contributed by atoms with van der Waals surface area (Å²) < 4.78 is 0.820. The lowest BCUT2D eigenvalue weighted by Crippen LogP contribution is -2.49. The number of piperazine rings is 1. The first-order valence-electron chi connectivity index (χ1n) is 6.97. The highest BCUT2D eigenvalue weighted by Crippen LogP contribution is 2.20. The van der Waals surface area contributed by atoms with Crippen molar-refractivity contribution in [1.29, 1.82) is 0 Å². The van der Waals surface area contributed by atoms with Gasteiger partial charge in [0, 0.05) is 37.2 Å². The Morgan fingerprint density at radius 2 is 1.90 bits per heavy atom. The molecule has 1 heterocycles. The highest BCUT2D eigenvalue weighted by Gasteiger charge is 2.23. The zero-order chi connectivity index (χ0) is 15.4. The second-order valence-electron chi connectivity index (χ2n) is 5.26. The van der Waals surface area contributed by atoms with Gasteiger partial charge < -0.3 is 10.0 Å². The third kappa shape index (κ3) is 4.28. The Hall–Kier alpha value is -1.40. The van der Waals surface area contributed by atoms with Gasteiger partial charge in [0.1, 0.15) is 0 Å². The highest BCUT2D eigenvalue weighted by molar-refractivity contribution is 9.10. The van der Waals surface area contributed by atoms with Gasteiger partial charge >= 0.3 is 5.97 Å². The lowest BCUT2D eigenvalue weighted by molar-refractivity contribution is -0.137. The quantitative estimate of drug-likeness (QED) is 0.898. The third-order valence-electron chi connectivity index (χ3n) is 3.66. The van der Waals surface area contributed by atoms with Crippen LogP contribution in [-0.2, 0) is 4.79 Å². The van der Waals surface area contributed by atoms with Crippen molar-refractivity contribution in [3.8, 4) is 0 Å². The number of benzene rings is 1. The van der Waals surface area contributed by atoms with Gasteiger partial charge in [-0.05, 0) is 40.5 Å². The summed E-state index contributed by atoms with van der Waals surface area (Å²) in [5, 5.41) is 8.69. The SMILES string of the molecule is Cc1ccc(C(=O)N2CCN(CCC(=O)O)CC2)c(Br)c1. The molecule has 1 aromatic rings. The summed E-state index contributed by atoms with van der Waals surface area (Å²) in [6.45, 7) is 5.26. The van der Waals surface area contributed by atoms with Crippen LogP contribution in [-0.4, -0.2) is 59.5 Å². The minimum Gasteiger partial charge on any atom is -0.481 e. The van der Waals surface area contributed by atoms with Gasteiger partial charge in [0.25, 0.3) is 5.91 Å². The van der Waals surface area contributed by atoms with E-state index in [2.05, 4.69) is 20.8 Å².